The van der Waals surface area contributed by atoms with Gasteiger partial charge in [0.05, 0.1) is 31.8 Å². The van der Waals surface area contributed by atoms with Crippen LogP contribution in [0, 0.1) is 10.8 Å². The van der Waals surface area contributed by atoms with Gasteiger partial charge in [0.2, 0.25) is 0 Å². The van der Waals surface area contributed by atoms with E-state index in [4.69, 9.17) is 37.9 Å². The lowest BCUT2D eigenvalue weighted by molar-refractivity contribution is -0.170. The zero-order chi connectivity index (χ0) is 35.1. The molecule has 0 atom stereocenters. The number of carbonyl (C=O) groups excluding carboxylic acids is 4. The monoisotopic (exact) mass is 664 g/mol. The molecule has 0 bridgehead atoms. The van der Waals surface area contributed by atoms with Crippen molar-refractivity contribution in [2.75, 3.05) is 79.3 Å². The van der Waals surface area contributed by atoms with Crippen LogP contribution >= 0.6 is 0 Å². The van der Waals surface area contributed by atoms with Gasteiger partial charge in [0.25, 0.3) is 0 Å². The topological polar surface area (TPSA) is 142 Å². The highest BCUT2D eigenvalue weighted by Gasteiger charge is 2.37. The summed E-state index contributed by atoms with van der Waals surface area (Å²) < 4.78 is 43.8. The molecule has 0 N–H and O–H groups in total. The van der Waals surface area contributed by atoms with Gasteiger partial charge in [0.15, 0.2) is 0 Å². The second kappa shape index (κ2) is 30.1. The minimum atomic E-state index is -1.15. The number of carbonyl (C=O) groups is 4. The number of hydrogen-bond donors (Lipinski definition) is 0. The Hall–Kier alpha value is -2.28. The number of rotatable bonds is 28. The first-order valence-corrected chi connectivity index (χ1v) is 17.0. The lowest BCUT2D eigenvalue weighted by atomic mass is 9.92. The van der Waals surface area contributed by atoms with Crippen LogP contribution in [0.25, 0.3) is 0 Å². The second-order valence-electron chi connectivity index (χ2n) is 11.3. The maximum atomic E-state index is 11.5. The van der Waals surface area contributed by atoms with Gasteiger partial charge >= 0.3 is 23.9 Å². The van der Waals surface area contributed by atoms with Crippen LogP contribution in [0.3, 0.4) is 0 Å². The standard InChI is InChI=1S/C17H28O8.C17H36O4/c1-5-13(18)22-9-17(10-23-14(19)6-2,11-24-15(20)7-3)12-25-16(21)8-4;1-5-9-18-13-17(14-19-10-6-2,15-20-11-7-3)16-21-12-8-4/h5-12H2,1-4H3;5-16H2,1-4H3. The summed E-state index contributed by atoms with van der Waals surface area (Å²) >= 11 is 0. The van der Waals surface area contributed by atoms with Crippen LogP contribution in [-0.2, 0) is 57.1 Å². The van der Waals surface area contributed by atoms with Crippen molar-refractivity contribution in [1.82, 2.24) is 0 Å². The van der Waals surface area contributed by atoms with Gasteiger partial charge in [-0.15, -0.1) is 0 Å². The molecule has 0 aliphatic rings. The normalized spacial score (nSPS) is 11.3. The van der Waals surface area contributed by atoms with Crippen molar-refractivity contribution in [2.24, 2.45) is 10.8 Å². The van der Waals surface area contributed by atoms with E-state index in [1.807, 2.05) is 0 Å². The van der Waals surface area contributed by atoms with Gasteiger partial charge in [0, 0.05) is 52.1 Å². The highest BCUT2D eigenvalue weighted by Crippen LogP contribution is 2.23. The Balaban J connectivity index is 0. The summed E-state index contributed by atoms with van der Waals surface area (Å²) in [5.74, 6) is -1.85. The fourth-order valence-electron chi connectivity index (χ4n) is 3.57. The molecule has 0 spiro atoms. The van der Waals surface area contributed by atoms with E-state index in [1.165, 1.54) is 0 Å². The molecule has 0 aliphatic carbocycles. The SMILES string of the molecule is CCC(=O)OCC(COC(=O)CC)(COC(=O)CC)COC(=O)CC.CCCOCC(COCCC)(COCCC)COCCC. The summed E-state index contributed by atoms with van der Waals surface area (Å²) in [5, 5.41) is 0. The van der Waals surface area contributed by atoms with Gasteiger partial charge in [0.1, 0.15) is 31.8 Å². The quantitative estimate of drug-likeness (QED) is 0.0595. The molecule has 0 aromatic carbocycles. The molecule has 0 aliphatic heterocycles. The van der Waals surface area contributed by atoms with Crippen LogP contribution in [0.5, 0.6) is 0 Å². The van der Waals surface area contributed by atoms with Crippen LogP contribution in [0.4, 0.5) is 0 Å². The van der Waals surface area contributed by atoms with Crippen molar-refractivity contribution in [3.05, 3.63) is 0 Å². The molecule has 0 amide bonds. The minimum absolute atomic E-state index is 0.161. The molecule has 0 rings (SSSR count). The molecule has 0 aromatic heterocycles. The Labute approximate surface area is 277 Å². The number of hydrogen-bond acceptors (Lipinski definition) is 12. The third-order valence-electron chi connectivity index (χ3n) is 6.34. The maximum Gasteiger partial charge on any atom is 0.305 e. The van der Waals surface area contributed by atoms with Crippen LogP contribution in [0.1, 0.15) is 107 Å². The van der Waals surface area contributed by atoms with E-state index in [0.717, 1.165) is 52.1 Å². The maximum absolute atomic E-state index is 11.5. The Bertz CT molecular complexity index is 655. The summed E-state index contributed by atoms with van der Waals surface area (Å²) in [6.07, 6.45) is 4.75. The molecule has 12 heteroatoms. The van der Waals surface area contributed by atoms with Crippen molar-refractivity contribution in [2.45, 2.75) is 107 Å². The average Bonchev–Trinajstić information content (AvgIpc) is 3.07. The van der Waals surface area contributed by atoms with Gasteiger partial charge in [-0.25, -0.2) is 0 Å². The average molecular weight is 665 g/mol. The molecule has 0 fully saturated rings. The third-order valence-corrected chi connectivity index (χ3v) is 6.34. The predicted molar refractivity (Wildman–Crippen MR) is 174 cm³/mol. The summed E-state index contributed by atoms with van der Waals surface area (Å²) in [7, 11) is 0. The third kappa shape index (κ3) is 24.0. The van der Waals surface area contributed by atoms with E-state index in [2.05, 4.69) is 27.7 Å². The lowest BCUT2D eigenvalue weighted by Crippen LogP contribution is -2.43. The van der Waals surface area contributed by atoms with E-state index < -0.39 is 29.3 Å². The van der Waals surface area contributed by atoms with Crippen LogP contribution in [-0.4, -0.2) is 103 Å². The molecule has 12 nitrogen and oxygen atoms in total. The molecular weight excluding hydrogens is 600 g/mol. The summed E-state index contributed by atoms with van der Waals surface area (Å²) in [6, 6.07) is 0. The van der Waals surface area contributed by atoms with E-state index in [0.29, 0.717) is 26.4 Å². The van der Waals surface area contributed by atoms with Crippen molar-refractivity contribution >= 4 is 23.9 Å². The first-order valence-electron chi connectivity index (χ1n) is 17.0. The van der Waals surface area contributed by atoms with Crippen LogP contribution in [0.15, 0.2) is 0 Å². The summed E-state index contributed by atoms with van der Waals surface area (Å²) in [5.41, 5.74) is -1.33. The smallest absolute Gasteiger partial charge is 0.305 e. The number of esters is 4. The van der Waals surface area contributed by atoms with Gasteiger partial charge in [-0.1, -0.05) is 55.4 Å². The molecule has 46 heavy (non-hydrogen) atoms. The molecule has 0 radical (unpaired) electrons. The number of ether oxygens (including phenoxy) is 8. The zero-order valence-electron chi connectivity index (χ0n) is 30.0. The molecule has 0 unspecified atom stereocenters. The van der Waals surface area contributed by atoms with Crippen molar-refractivity contribution in [3.63, 3.8) is 0 Å². The van der Waals surface area contributed by atoms with Crippen LogP contribution in [0.2, 0.25) is 0 Å². The molecule has 0 aromatic rings. The van der Waals surface area contributed by atoms with Crippen molar-refractivity contribution in [1.29, 1.82) is 0 Å². The minimum Gasteiger partial charge on any atom is -0.465 e. The van der Waals surface area contributed by atoms with E-state index in [-0.39, 0.29) is 57.5 Å². The first-order chi connectivity index (χ1) is 22.1. The van der Waals surface area contributed by atoms with Gasteiger partial charge in [-0.2, -0.15) is 0 Å². The fourth-order valence-corrected chi connectivity index (χ4v) is 3.57. The predicted octanol–water partition coefficient (Wildman–Crippen LogP) is 5.46. The molecule has 0 saturated heterocycles. The van der Waals surface area contributed by atoms with Crippen molar-refractivity contribution in [3.8, 4) is 0 Å². The van der Waals surface area contributed by atoms with E-state index in [1.54, 1.807) is 27.7 Å². The molecular formula is C34H64O12. The summed E-state index contributed by atoms with van der Waals surface area (Å²) in [6.45, 7) is 19.9. The largest absolute Gasteiger partial charge is 0.465 e. The molecule has 272 valence electrons. The first kappa shape index (κ1) is 45.8. The fraction of sp³-hybridized carbons (Fsp3) is 0.882. The Morgan fingerprint density at radius 3 is 0.717 bits per heavy atom. The van der Waals surface area contributed by atoms with Gasteiger partial charge in [-0.3, -0.25) is 19.2 Å². The lowest BCUT2D eigenvalue weighted by Gasteiger charge is -2.33. The highest BCUT2D eigenvalue weighted by molar-refractivity contribution is 5.70. The van der Waals surface area contributed by atoms with Gasteiger partial charge in [-0.05, 0) is 25.7 Å². The van der Waals surface area contributed by atoms with Crippen molar-refractivity contribution < 1.29 is 57.1 Å². The Morgan fingerprint density at radius 2 is 0.543 bits per heavy atom. The Morgan fingerprint density at radius 1 is 0.348 bits per heavy atom. The highest BCUT2D eigenvalue weighted by atomic mass is 16.6. The van der Waals surface area contributed by atoms with E-state index in [9.17, 15) is 19.2 Å². The zero-order valence-corrected chi connectivity index (χ0v) is 30.0. The molecule has 0 heterocycles. The Kier molecular flexibility index (Phi) is 30.0. The van der Waals surface area contributed by atoms with E-state index >= 15 is 0 Å². The second-order valence-corrected chi connectivity index (χ2v) is 11.3. The molecule has 0 saturated carbocycles. The van der Waals surface area contributed by atoms with Gasteiger partial charge < -0.3 is 37.9 Å². The summed E-state index contributed by atoms with van der Waals surface area (Å²) in [4.78, 5) is 46.0. The van der Waals surface area contributed by atoms with Crippen LogP contribution < -0.4 is 0 Å².